The van der Waals surface area contributed by atoms with Crippen molar-refractivity contribution in [3.8, 4) is 0 Å². The highest BCUT2D eigenvalue weighted by Gasteiger charge is 2.14. The number of hydrazone groups is 1. The van der Waals surface area contributed by atoms with Gasteiger partial charge in [-0.25, -0.2) is 10.1 Å². The van der Waals surface area contributed by atoms with Crippen molar-refractivity contribution in [3.63, 3.8) is 0 Å². The van der Waals surface area contributed by atoms with Gasteiger partial charge in [-0.05, 0) is 35.4 Å². The first kappa shape index (κ1) is 25.6. The summed E-state index contributed by atoms with van der Waals surface area (Å²) in [6.07, 6.45) is 1.63. The number of amides is 1. The molecular weight excluding hydrogens is 638 g/mol. The predicted molar refractivity (Wildman–Crippen MR) is 148 cm³/mol. The van der Waals surface area contributed by atoms with Gasteiger partial charge in [0, 0.05) is 14.7 Å². The Morgan fingerprint density at radius 1 is 1.09 bits per heavy atom. The summed E-state index contributed by atoms with van der Waals surface area (Å²) in [4.78, 5) is 12.3. The van der Waals surface area contributed by atoms with E-state index < -0.39 is 0 Å². The average Bonchev–Trinajstić information content (AvgIpc) is 3.43. The summed E-state index contributed by atoms with van der Waals surface area (Å²) in [5.41, 5.74) is 4.80. The van der Waals surface area contributed by atoms with Crippen LogP contribution in [0.2, 0.25) is 0 Å². The fraction of sp³-hybridized carbons (Fsp3) is 0.100. The number of carbonyl (C=O) groups is 1. The van der Waals surface area contributed by atoms with Crippen molar-refractivity contribution >= 4 is 89.9 Å². The van der Waals surface area contributed by atoms with Gasteiger partial charge in [-0.2, -0.15) is 5.10 Å². The zero-order chi connectivity index (χ0) is 24.6. The number of nitrogen functional groups attached to an aromatic ring is 1. The van der Waals surface area contributed by atoms with Gasteiger partial charge >= 0.3 is 0 Å². The zero-order valence-electron chi connectivity index (χ0n) is 17.8. The highest BCUT2D eigenvalue weighted by molar-refractivity contribution is 9.10. The lowest BCUT2D eigenvalue weighted by molar-refractivity contribution is -0.113. The number of anilines is 2. The first-order valence-corrected chi connectivity index (χ1v) is 14.2. The molecule has 0 atom stereocenters. The van der Waals surface area contributed by atoms with Crippen LogP contribution in [0.5, 0.6) is 0 Å². The minimum absolute atomic E-state index is 0.0801. The number of nitrogens with zero attached hydrogens (tertiary/aromatic N) is 6. The quantitative estimate of drug-likeness (QED) is 0.0722. The van der Waals surface area contributed by atoms with Gasteiger partial charge in [0.05, 0.1) is 12.0 Å². The van der Waals surface area contributed by atoms with Crippen LogP contribution in [-0.2, 0) is 10.5 Å². The molecule has 0 unspecified atom stereocenters. The normalized spacial score (nSPS) is 11.1. The molecule has 0 saturated carbocycles. The molecule has 180 valence electrons. The summed E-state index contributed by atoms with van der Waals surface area (Å²) in [7, 11) is 0. The molecule has 2 aromatic carbocycles. The summed E-state index contributed by atoms with van der Waals surface area (Å²) >= 11 is 10.9. The fourth-order valence-corrected chi connectivity index (χ4v) is 5.81. The van der Waals surface area contributed by atoms with Crippen molar-refractivity contribution in [3.05, 3.63) is 68.6 Å². The maximum absolute atomic E-state index is 12.3. The van der Waals surface area contributed by atoms with Crippen LogP contribution in [0.25, 0.3) is 0 Å². The molecule has 0 aliphatic carbocycles. The van der Waals surface area contributed by atoms with E-state index in [0.717, 1.165) is 36.4 Å². The molecule has 2 heterocycles. The maximum atomic E-state index is 12.3. The van der Waals surface area contributed by atoms with Crippen LogP contribution in [0.3, 0.4) is 0 Å². The number of aromatic nitrogens is 5. The molecule has 15 heteroatoms. The maximum Gasteiger partial charge on any atom is 0.264 e. The number of thioether (sulfide) groups is 2. The van der Waals surface area contributed by atoms with E-state index >= 15 is 0 Å². The average molecular weight is 655 g/mol. The molecule has 10 nitrogen and oxygen atoms in total. The van der Waals surface area contributed by atoms with E-state index in [0.29, 0.717) is 10.3 Å². The van der Waals surface area contributed by atoms with Gasteiger partial charge in [-0.15, -0.1) is 20.4 Å². The lowest BCUT2D eigenvalue weighted by Gasteiger charge is -2.03. The predicted octanol–water partition coefficient (Wildman–Crippen LogP) is 4.84. The first-order chi connectivity index (χ1) is 17.0. The molecule has 1 amide bonds. The monoisotopic (exact) mass is 653 g/mol. The van der Waals surface area contributed by atoms with Crippen molar-refractivity contribution in [2.75, 3.05) is 22.3 Å². The standard InChI is InChI=1S/C20H17Br2N9OS3/c21-14-5-1-3-12(7-14)9-24-26-17-27-29-19(31(17)23)33-11-16(32)25-18-28-30-20(35-18)34-10-13-4-2-6-15(22)8-13/h1-9H,10-11,23H2,(H,26,27)(H,25,28,32)/b24-9+. The molecule has 4 rings (SSSR count). The van der Waals surface area contributed by atoms with Gasteiger partial charge in [-0.1, -0.05) is 91.0 Å². The van der Waals surface area contributed by atoms with Crippen molar-refractivity contribution in [2.45, 2.75) is 15.2 Å². The number of nitrogens with one attached hydrogen (secondary N) is 2. The third-order valence-electron chi connectivity index (χ3n) is 4.13. The highest BCUT2D eigenvalue weighted by Crippen LogP contribution is 2.29. The Kier molecular flexibility index (Phi) is 9.14. The summed E-state index contributed by atoms with van der Waals surface area (Å²) in [5, 5.41) is 23.8. The minimum Gasteiger partial charge on any atom is -0.334 e. The Bertz CT molecular complexity index is 1340. The summed E-state index contributed by atoms with van der Waals surface area (Å²) in [6, 6.07) is 15.7. The molecule has 2 aromatic heterocycles. The molecule has 0 aliphatic rings. The third kappa shape index (κ3) is 7.76. The van der Waals surface area contributed by atoms with E-state index in [4.69, 9.17) is 5.84 Å². The van der Waals surface area contributed by atoms with Gasteiger partial charge in [0.2, 0.25) is 16.2 Å². The van der Waals surface area contributed by atoms with Crippen LogP contribution >= 0.6 is 66.7 Å². The zero-order valence-corrected chi connectivity index (χ0v) is 23.4. The largest absolute Gasteiger partial charge is 0.334 e. The second kappa shape index (κ2) is 12.5. The molecule has 0 aliphatic heterocycles. The number of rotatable bonds is 10. The van der Waals surface area contributed by atoms with Crippen LogP contribution in [0, 0.1) is 0 Å². The van der Waals surface area contributed by atoms with Crippen LogP contribution < -0.4 is 16.6 Å². The number of carbonyl (C=O) groups excluding carboxylic acids is 1. The Balaban J connectivity index is 1.23. The number of hydrogen-bond acceptors (Lipinski definition) is 11. The van der Waals surface area contributed by atoms with Crippen LogP contribution in [0.1, 0.15) is 11.1 Å². The Morgan fingerprint density at radius 2 is 1.89 bits per heavy atom. The van der Waals surface area contributed by atoms with E-state index in [2.05, 4.69) is 74.2 Å². The molecular formula is C20H17Br2N9OS3. The molecule has 0 spiro atoms. The van der Waals surface area contributed by atoms with E-state index in [1.807, 2.05) is 42.5 Å². The number of hydrogen-bond donors (Lipinski definition) is 3. The summed E-state index contributed by atoms with van der Waals surface area (Å²) < 4.78 is 3.98. The molecule has 0 radical (unpaired) electrons. The van der Waals surface area contributed by atoms with Gasteiger partial charge in [-0.3, -0.25) is 10.1 Å². The summed E-state index contributed by atoms with van der Waals surface area (Å²) in [5.74, 6) is 6.84. The van der Waals surface area contributed by atoms with Gasteiger partial charge in [0.15, 0.2) is 4.34 Å². The van der Waals surface area contributed by atoms with Gasteiger partial charge in [0.25, 0.3) is 5.95 Å². The smallest absolute Gasteiger partial charge is 0.264 e. The molecule has 0 bridgehead atoms. The highest BCUT2D eigenvalue weighted by atomic mass is 79.9. The number of benzene rings is 2. The molecule has 35 heavy (non-hydrogen) atoms. The molecule has 0 fully saturated rings. The lowest BCUT2D eigenvalue weighted by atomic mass is 10.2. The van der Waals surface area contributed by atoms with Gasteiger partial charge in [0.1, 0.15) is 0 Å². The van der Waals surface area contributed by atoms with Gasteiger partial charge < -0.3 is 5.84 Å². The second-order valence-electron chi connectivity index (χ2n) is 6.73. The van der Waals surface area contributed by atoms with E-state index in [-0.39, 0.29) is 17.6 Å². The molecule has 4 N–H and O–H groups in total. The second-order valence-corrected chi connectivity index (χ2v) is 11.7. The van der Waals surface area contributed by atoms with Crippen molar-refractivity contribution in [1.29, 1.82) is 0 Å². The topological polar surface area (TPSA) is 136 Å². The Hall–Kier alpha value is -2.46. The minimum atomic E-state index is -0.250. The van der Waals surface area contributed by atoms with Crippen molar-refractivity contribution < 1.29 is 4.79 Å². The number of nitrogens with two attached hydrogens (primary N) is 1. The van der Waals surface area contributed by atoms with Crippen LogP contribution in [0.15, 0.2) is 72.1 Å². The molecule has 0 saturated heterocycles. The SMILES string of the molecule is Nn1c(N/N=C/c2cccc(Br)c2)nnc1SCC(=O)Nc1nnc(SCc2cccc(Br)c2)s1. The first-order valence-electron chi connectivity index (χ1n) is 9.85. The third-order valence-corrected chi connectivity index (χ3v) is 8.10. The van der Waals surface area contributed by atoms with E-state index in [1.165, 1.54) is 21.6 Å². The van der Waals surface area contributed by atoms with E-state index in [9.17, 15) is 4.79 Å². The Morgan fingerprint density at radius 3 is 2.69 bits per heavy atom. The van der Waals surface area contributed by atoms with E-state index in [1.54, 1.807) is 18.0 Å². The lowest BCUT2D eigenvalue weighted by Crippen LogP contribution is -2.16. The Labute approximate surface area is 229 Å². The fourth-order valence-electron chi connectivity index (χ4n) is 2.58. The van der Waals surface area contributed by atoms with Crippen molar-refractivity contribution in [1.82, 2.24) is 25.1 Å². The van der Waals surface area contributed by atoms with Crippen LogP contribution in [0.4, 0.5) is 11.1 Å². The van der Waals surface area contributed by atoms with Crippen LogP contribution in [-0.4, -0.2) is 42.9 Å². The van der Waals surface area contributed by atoms with Crippen molar-refractivity contribution in [2.24, 2.45) is 5.10 Å². The number of halogens is 2. The molecule has 4 aromatic rings. The summed E-state index contributed by atoms with van der Waals surface area (Å²) in [6.45, 7) is 0.